The molecule has 0 aliphatic carbocycles. The molecule has 1 amide bonds. The van der Waals surface area contributed by atoms with E-state index < -0.39 is 18.0 Å². The molecule has 0 bridgehead atoms. The number of esters is 1. The smallest absolute Gasteiger partial charge is 0.338 e. The van der Waals surface area contributed by atoms with Gasteiger partial charge in [-0.2, -0.15) is 0 Å². The van der Waals surface area contributed by atoms with Crippen LogP contribution in [-0.2, 0) is 9.53 Å². The molecular weight excluding hydrogens is 390 g/mol. The highest BCUT2D eigenvalue weighted by Crippen LogP contribution is 2.24. The van der Waals surface area contributed by atoms with Crippen LogP contribution in [0.4, 0.5) is 5.69 Å². The Morgan fingerprint density at radius 2 is 1.39 bits per heavy atom. The molecule has 0 aliphatic heterocycles. The predicted octanol–water partition coefficient (Wildman–Crippen LogP) is 5.82. The standard InChI is InChI=1S/C26H21NO4/c1-18(25(28)27-24-13-7-9-19-8-5-6-12-23(19)24)30-26(29)20-14-16-22(17-15-20)31-21-10-3-2-4-11-21/h2-18H,1H3,(H,27,28)/t18-/m0/s1. The van der Waals surface area contributed by atoms with Crippen LogP contribution in [0.25, 0.3) is 10.8 Å². The maximum Gasteiger partial charge on any atom is 0.338 e. The molecule has 1 N–H and O–H groups in total. The number of hydrogen-bond acceptors (Lipinski definition) is 4. The summed E-state index contributed by atoms with van der Waals surface area (Å²) in [6.45, 7) is 1.55. The summed E-state index contributed by atoms with van der Waals surface area (Å²) in [5, 5.41) is 4.78. The first-order valence-electron chi connectivity index (χ1n) is 9.93. The number of anilines is 1. The van der Waals surface area contributed by atoms with Crippen LogP contribution in [0.2, 0.25) is 0 Å². The van der Waals surface area contributed by atoms with Gasteiger partial charge in [-0.1, -0.05) is 54.6 Å². The normalized spacial score (nSPS) is 11.5. The number of amides is 1. The van der Waals surface area contributed by atoms with Crippen LogP contribution in [0, 0.1) is 0 Å². The van der Waals surface area contributed by atoms with Gasteiger partial charge in [-0.25, -0.2) is 4.79 Å². The number of para-hydroxylation sites is 1. The number of nitrogens with one attached hydrogen (secondary N) is 1. The van der Waals surface area contributed by atoms with Gasteiger partial charge in [0, 0.05) is 11.1 Å². The summed E-state index contributed by atoms with van der Waals surface area (Å²) in [5.74, 6) is 0.335. The first-order chi connectivity index (χ1) is 15.1. The molecule has 1 atom stereocenters. The molecule has 0 fully saturated rings. The minimum Gasteiger partial charge on any atom is -0.457 e. The van der Waals surface area contributed by atoms with Gasteiger partial charge in [0.05, 0.1) is 5.56 Å². The molecule has 31 heavy (non-hydrogen) atoms. The molecule has 0 saturated carbocycles. The SMILES string of the molecule is C[C@H](OC(=O)c1ccc(Oc2ccccc2)cc1)C(=O)Nc1cccc2ccccc12. The largest absolute Gasteiger partial charge is 0.457 e. The minimum atomic E-state index is -0.952. The summed E-state index contributed by atoms with van der Waals surface area (Å²) in [6, 6.07) is 29.4. The molecule has 0 heterocycles. The summed E-state index contributed by atoms with van der Waals surface area (Å²) in [7, 11) is 0. The number of carbonyl (C=O) groups is 2. The third-order valence-electron chi connectivity index (χ3n) is 4.77. The van der Waals surface area contributed by atoms with E-state index in [0.717, 1.165) is 10.8 Å². The van der Waals surface area contributed by atoms with Crippen molar-refractivity contribution in [2.45, 2.75) is 13.0 Å². The molecule has 4 rings (SSSR count). The van der Waals surface area contributed by atoms with Crippen molar-refractivity contribution < 1.29 is 19.1 Å². The Kier molecular flexibility index (Phi) is 5.94. The maximum absolute atomic E-state index is 12.6. The molecule has 154 valence electrons. The molecule has 5 heteroatoms. The van der Waals surface area contributed by atoms with Crippen molar-refractivity contribution in [3.05, 3.63) is 103 Å². The molecule has 0 radical (unpaired) electrons. The quantitative estimate of drug-likeness (QED) is 0.406. The minimum absolute atomic E-state index is 0.338. The lowest BCUT2D eigenvalue weighted by Crippen LogP contribution is -2.30. The summed E-state index contributed by atoms with van der Waals surface area (Å²) in [6.07, 6.45) is -0.952. The summed E-state index contributed by atoms with van der Waals surface area (Å²) < 4.78 is 11.1. The zero-order valence-electron chi connectivity index (χ0n) is 16.9. The highest BCUT2D eigenvalue weighted by molar-refractivity contribution is 6.04. The molecule has 0 aliphatic rings. The first-order valence-corrected chi connectivity index (χ1v) is 9.93. The first kappa shape index (κ1) is 20.2. The molecule has 5 nitrogen and oxygen atoms in total. The second-order valence-electron chi connectivity index (χ2n) is 7.00. The number of hydrogen-bond donors (Lipinski definition) is 1. The van der Waals surface area contributed by atoms with E-state index in [1.165, 1.54) is 0 Å². The number of rotatable bonds is 6. The molecule has 0 spiro atoms. The monoisotopic (exact) mass is 411 g/mol. The van der Waals surface area contributed by atoms with E-state index in [9.17, 15) is 9.59 Å². The van der Waals surface area contributed by atoms with E-state index in [4.69, 9.17) is 9.47 Å². The highest BCUT2D eigenvalue weighted by atomic mass is 16.5. The summed E-state index contributed by atoms with van der Waals surface area (Å²) in [4.78, 5) is 25.0. The van der Waals surface area contributed by atoms with Gasteiger partial charge >= 0.3 is 5.97 Å². The lowest BCUT2D eigenvalue weighted by atomic mass is 10.1. The average molecular weight is 411 g/mol. The van der Waals surface area contributed by atoms with Gasteiger partial charge in [-0.3, -0.25) is 4.79 Å². The third-order valence-corrected chi connectivity index (χ3v) is 4.77. The van der Waals surface area contributed by atoms with Crippen molar-refractivity contribution in [2.24, 2.45) is 0 Å². The van der Waals surface area contributed by atoms with Crippen molar-refractivity contribution in [3.8, 4) is 11.5 Å². The van der Waals surface area contributed by atoms with Gasteiger partial charge in [0.25, 0.3) is 5.91 Å². The van der Waals surface area contributed by atoms with Crippen LogP contribution in [0.15, 0.2) is 97.1 Å². The summed E-state index contributed by atoms with van der Waals surface area (Å²) in [5.41, 5.74) is 1.01. The number of ether oxygens (including phenoxy) is 2. The Morgan fingerprint density at radius 1 is 0.742 bits per heavy atom. The Labute approximate surface area is 180 Å². The molecule has 0 unspecified atom stereocenters. The fraction of sp³-hybridized carbons (Fsp3) is 0.0769. The topological polar surface area (TPSA) is 64.6 Å². The van der Waals surface area contributed by atoms with Crippen LogP contribution in [0.5, 0.6) is 11.5 Å². The van der Waals surface area contributed by atoms with E-state index in [2.05, 4.69) is 5.32 Å². The van der Waals surface area contributed by atoms with Gasteiger partial charge in [-0.15, -0.1) is 0 Å². The van der Waals surface area contributed by atoms with Crippen molar-refractivity contribution in [1.29, 1.82) is 0 Å². The van der Waals surface area contributed by atoms with Crippen molar-refractivity contribution in [1.82, 2.24) is 0 Å². The van der Waals surface area contributed by atoms with Crippen molar-refractivity contribution >= 4 is 28.3 Å². The molecule has 0 aromatic heterocycles. The highest BCUT2D eigenvalue weighted by Gasteiger charge is 2.19. The van der Waals surface area contributed by atoms with Crippen molar-refractivity contribution in [3.63, 3.8) is 0 Å². The van der Waals surface area contributed by atoms with Crippen LogP contribution >= 0.6 is 0 Å². The van der Waals surface area contributed by atoms with Crippen LogP contribution in [-0.4, -0.2) is 18.0 Å². The van der Waals surface area contributed by atoms with Gasteiger partial charge in [-0.05, 0) is 54.8 Å². The van der Waals surface area contributed by atoms with E-state index in [1.54, 1.807) is 31.2 Å². The fourth-order valence-corrected chi connectivity index (χ4v) is 3.13. The number of benzene rings is 4. The zero-order chi connectivity index (χ0) is 21.6. The van der Waals surface area contributed by atoms with E-state index in [1.807, 2.05) is 72.8 Å². The molecule has 4 aromatic rings. The Bertz CT molecular complexity index is 1200. The van der Waals surface area contributed by atoms with Gasteiger partial charge in [0.2, 0.25) is 0 Å². The number of fused-ring (bicyclic) bond motifs is 1. The van der Waals surface area contributed by atoms with Crippen LogP contribution in [0.3, 0.4) is 0 Å². The van der Waals surface area contributed by atoms with E-state index in [-0.39, 0.29) is 0 Å². The fourth-order valence-electron chi connectivity index (χ4n) is 3.13. The van der Waals surface area contributed by atoms with Crippen LogP contribution in [0.1, 0.15) is 17.3 Å². The Morgan fingerprint density at radius 3 is 2.16 bits per heavy atom. The maximum atomic E-state index is 12.6. The van der Waals surface area contributed by atoms with Crippen LogP contribution < -0.4 is 10.1 Å². The van der Waals surface area contributed by atoms with Gasteiger partial charge in [0.15, 0.2) is 6.10 Å². The third kappa shape index (κ3) is 4.90. The predicted molar refractivity (Wildman–Crippen MR) is 120 cm³/mol. The molecular formula is C26H21NO4. The van der Waals surface area contributed by atoms with Gasteiger partial charge < -0.3 is 14.8 Å². The lowest BCUT2D eigenvalue weighted by Gasteiger charge is -2.15. The second kappa shape index (κ2) is 9.13. The molecule has 4 aromatic carbocycles. The van der Waals surface area contributed by atoms with Gasteiger partial charge in [0.1, 0.15) is 11.5 Å². The van der Waals surface area contributed by atoms with Crippen molar-refractivity contribution in [2.75, 3.05) is 5.32 Å². The summed E-state index contributed by atoms with van der Waals surface area (Å²) >= 11 is 0. The second-order valence-corrected chi connectivity index (χ2v) is 7.00. The lowest BCUT2D eigenvalue weighted by molar-refractivity contribution is -0.123. The Hall–Kier alpha value is -4.12. The van der Waals surface area contributed by atoms with E-state index in [0.29, 0.717) is 22.7 Å². The molecule has 0 saturated heterocycles. The zero-order valence-corrected chi connectivity index (χ0v) is 16.9. The van der Waals surface area contributed by atoms with E-state index >= 15 is 0 Å². The average Bonchev–Trinajstić information content (AvgIpc) is 2.80. The number of carbonyl (C=O) groups excluding carboxylic acids is 2. The Balaban J connectivity index is 1.38.